The molecule has 0 saturated heterocycles. The number of carboxylic acids is 1. The van der Waals surface area contributed by atoms with Gasteiger partial charge in [0.2, 0.25) is 5.91 Å². The number of benzene rings is 4. The first kappa shape index (κ1) is 78.8. The fraction of sp³-hybridized carbons (Fsp3) is 0.400. The number of carboxylic acid groups (broad SMARTS) is 1. The van der Waals surface area contributed by atoms with Gasteiger partial charge in [-0.05, 0) is 73.6 Å². The SMILES string of the molecule is CC(C)c1nc(CN(C)C(=O)NCCC(=O)N[C@H](CC[C@H](Cc2ccccc2)NC(=O)OCc2cncs2)Cc2ccccc2)cs1.CC(C)c1nc(CN(C)C(=O)NCCC(=O)O)cs1.I.N[C@H](CC[C@H](Cc1ccccc1)NC(=O)OCc1cncs1)Cc1ccccc1. The minimum absolute atomic E-state index is 0. The van der Waals surface area contributed by atoms with Crippen LogP contribution in [0.4, 0.5) is 19.2 Å². The van der Waals surface area contributed by atoms with Crippen LogP contribution in [0.1, 0.15) is 131 Å². The standard InChI is InChI=1S/C35H44N6O4S2.C23H27N3O2S.C12H19N3O3S.HI/c1-25(2)33-39-30(23-46-33)21-41(3)34(43)37-17-16-32(42)38-28(18-26-10-6-4-7-11-26)14-15-29(19-27-12-8-5-9-13-27)40-35(44)45-22-31-20-36-24-47-31;24-20(13-18-7-3-1-4-8-18)11-12-21(14-19-9-5-2-6-10-19)26-23(27)28-16-22-15-25-17-29-22;1-8(2)11-14-9(7-19-11)6-15(3)12(18)13-5-4-10(16)17;/h4-13,20,23-25,28-29H,14-19,21-22H2,1-3H3,(H,37,43)(H,38,42)(H,40,44);1-10,15,17,20-21H,11-14,16,24H2,(H,26,27);7-8H,4-6H2,1-3H3,(H,13,18)(H,16,17);1H/t28-,29-;20-,21-;;/m11../s1. The molecule has 96 heavy (non-hydrogen) atoms. The van der Waals surface area contributed by atoms with Gasteiger partial charge in [-0.2, -0.15) is 0 Å². The van der Waals surface area contributed by atoms with Gasteiger partial charge < -0.3 is 56.7 Å². The first-order valence-electron chi connectivity index (χ1n) is 31.7. The van der Waals surface area contributed by atoms with Crippen molar-refractivity contribution in [3.63, 3.8) is 0 Å². The highest BCUT2D eigenvalue weighted by Crippen LogP contribution is 2.22. The van der Waals surface area contributed by atoms with E-state index in [9.17, 15) is 28.8 Å². The summed E-state index contributed by atoms with van der Waals surface area (Å²) in [4.78, 5) is 94.7. The Kier molecular flexibility index (Phi) is 36.1. The van der Waals surface area contributed by atoms with Gasteiger partial charge in [0.15, 0.2) is 0 Å². The van der Waals surface area contributed by atoms with Crippen molar-refractivity contribution < 1.29 is 43.3 Å². The highest BCUT2D eigenvalue weighted by molar-refractivity contribution is 14.0. The van der Waals surface area contributed by atoms with E-state index in [1.165, 1.54) is 38.7 Å². The Labute approximate surface area is 596 Å². The van der Waals surface area contributed by atoms with Gasteiger partial charge in [-0.1, -0.05) is 149 Å². The first-order valence-corrected chi connectivity index (χ1v) is 35.3. The van der Waals surface area contributed by atoms with E-state index in [1.54, 1.807) is 65.1 Å². The third-order valence-electron chi connectivity index (χ3n) is 14.6. The van der Waals surface area contributed by atoms with Gasteiger partial charge in [0.25, 0.3) is 0 Å². The van der Waals surface area contributed by atoms with E-state index in [1.807, 2.05) is 108 Å². The summed E-state index contributed by atoms with van der Waals surface area (Å²) in [6.07, 6.45) is 8.28. The molecular formula is C70H91IN12O9S4. The number of aromatic nitrogens is 4. The van der Waals surface area contributed by atoms with Crippen molar-refractivity contribution in [2.24, 2.45) is 5.73 Å². The van der Waals surface area contributed by atoms with Crippen LogP contribution in [0.15, 0.2) is 156 Å². The summed E-state index contributed by atoms with van der Waals surface area (Å²) in [7, 11) is 3.37. The lowest BCUT2D eigenvalue weighted by Crippen LogP contribution is -2.42. The highest BCUT2D eigenvalue weighted by Gasteiger charge is 2.22. The minimum Gasteiger partial charge on any atom is -0.481 e. The molecule has 7 amide bonds. The molecule has 4 aromatic heterocycles. The second-order valence-electron chi connectivity index (χ2n) is 23.4. The number of aliphatic carboxylic acids is 1. The Bertz CT molecular complexity index is 3480. The molecule has 0 spiro atoms. The van der Waals surface area contributed by atoms with Crippen LogP contribution in [0.5, 0.6) is 0 Å². The summed E-state index contributed by atoms with van der Waals surface area (Å²) in [6.45, 7) is 9.90. The number of nitrogens with zero attached hydrogens (tertiary/aromatic N) is 6. The Morgan fingerprint density at radius 1 is 0.510 bits per heavy atom. The molecule has 8 rings (SSSR count). The van der Waals surface area contributed by atoms with Crippen LogP contribution in [-0.4, -0.2) is 122 Å². The summed E-state index contributed by atoms with van der Waals surface area (Å²) in [5, 5.41) is 29.1. The largest absolute Gasteiger partial charge is 0.481 e. The topological polar surface area (TPSA) is 285 Å². The maximum atomic E-state index is 13.1. The van der Waals surface area contributed by atoms with Crippen LogP contribution in [-0.2, 0) is 71.0 Å². The molecule has 0 bridgehead atoms. The number of hydrogen-bond acceptors (Lipinski definition) is 17. The minimum atomic E-state index is -0.927. The highest BCUT2D eigenvalue weighted by atomic mass is 127. The summed E-state index contributed by atoms with van der Waals surface area (Å²) in [6, 6.07) is 39.5. The molecule has 21 nitrogen and oxygen atoms in total. The molecule has 8 aromatic rings. The molecule has 0 radical (unpaired) electrons. The lowest BCUT2D eigenvalue weighted by atomic mass is 9.96. The second-order valence-corrected chi connectivity index (χ2v) is 27.2. The zero-order valence-corrected chi connectivity index (χ0v) is 60.9. The number of halogens is 1. The van der Waals surface area contributed by atoms with E-state index in [-0.39, 0.29) is 105 Å². The lowest BCUT2D eigenvalue weighted by molar-refractivity contribution is -0.136. The fourth-order valence-electron chi connectivity index (χ4n) is 9.60. The summed E-state index contributed by atoms with van der Waals surface area (Å²) in [5.74, 6) is -0.344. The Hall–Kier alpha value is -7.89. The number of nitrogens with two attached hydrogens (primary N) is 1. The van der Waals surface area contributed by atoms with Gasteiger partial charge >= 0.3 is 30.2 Å². The van der Waals surface area contributed by atoms with Crippen LogP contribution >= 0.6 is 69.3 Å². The van der Waals surface area contributed by atoms with Crippen molar-refractivity contribution >= 4 is 105 Å². The Morgan fingerprint density at radius 3 is 1.23 bits per heavy atom. The normalized spacial score (nSPS) is 12.0. The molecule has 26 heteroatoms. The molecule has 0 aliphatic rings. The number of hydrogen-bond donors (Lipinski definition) is 7. The van der Waals surface area contributed by atoms with Gasteiger partial charge in [-0.3, -0.25) is 19.6 Å². The molecule has 0 fully saturated rings. The smallest absolute Gasteiger partial charge is 0.407 e. The predicted octanol–water partition coefficient (Wildman–Crippen LogP) is 13.1. The predicted molar refractivity (Wildman–Crippen MR) is 392 cm³/mol. The van der Waals surface area contributed by atoms with Crippen molar-refractivity contribution in [3.05, 3.63) is 209 Å². The van der Waals surface area contributed by atoms with E-state index in [2.05, 4.69) is 98.5 Å². The quantitative estimate of drug-likeness (QED) is 0.0188. The van der Waals surface area contributed by atoms with Gasteiger partial charge in [0.05, 0.1) is 61.7 Å². The van der Waals surface area contributed by atoms with E-state index in [0.29, 0.717) is 50.6 Å². The summed E-state index contributed by atoms with van der Waals surface area (Å²) < 4.78 is 10.8. The molecule has 8 N–H and O–H groups in total. The number of amides is 7. The molecule has 4 aromatic carbocycles. The third-order valence-corrected chi connectivity index (χ3v) is 18.5. The van der Waals surface area contributed by atoms with Crippen LogP contribution in [0.2, 0.25) is 0 Å². The third kappa shape index (κ3) is 31.8. The van der Waals surface area contributed by atoms with Crippen LogP contribution in [0.3, 0.4) is 0 Å². The zero-order chi connectivity index (χ0) is 68.2. The van der Waals surface area contributed by atoms with Gasteiger partial charge in [-0.15, -0.1) is 69.3 Å². The van der Waals surface area contributed by atoms with Crippen molar-refractivity contribution in [2.45, 2.75) is 154 Å². The van der Waals surface area contributed by atoms with E-state index < -0.39 is 18.2 Å². The molecule has 0 aliphatic heterocycles. The lowest BCUT2D eigenvalue weighted by Gasteiger charge is -2.24. The number of thiazole rings is 4. The van der Waals surface area contributed by atoms with Crippen molar-refractivity contribution in [3.8, 4) is 0 Å². The van der Waals surface area contributed by atoms with Crippen molar-refractivity contribution in [2.75, 3.05) is 27.2 Å². The van der Waals surface area contributed by atoms with Crippen LogP contribution in [0.25, 0.3) is 0 Å². The number of rotatable bonds is 33. The van der Waals surface area contributed by atoms with Gasteiger partial charge in [-0.25, -0.2) is 29.1 Å². The maximum absolute atomic E-state index is 13.1. The van der Waals surface area contributed by atoms with Crippen molar-refractivity contribution in [1.82, 2.24) is 56.3 Å². The molecular weight excluding hydrogens is 1410 g/mol. The number of alkyl carbamates (subject to hydrolysis) is 2. The van der Waals surface area contributed by atoms with Crippen molar-refractivity contribution in [1.29, 1.82) is 0 Å². The fourth-order valence-corrected chi connectivity index (χ4v) is 12.3. The second kappa shape index (κ2) is 44.0. The summed E-state index contributed by atoms with van der Waals surface area (Å²) >= 11 is 6.09. The summed E-state index contributed by atoms with van der Waals surface area (Å²) in [5.41, 5.74) is 16.1. The molecule has 516 valence electrons. The van der Waals surface area contributed by atoms with Gasteiger partial charge in [0.1, 0.15) is 13.2 Å². The van der Waals surface area contributed by atoms with E-state index >= 15 is 0 Å². The number of urea groups is 2. The molecule has 0 unspecified atom stereocenters. The average Bonchev–Trinajstić information content (AvgIpc) is 2.11. The van der Waals surface area contributed by atoms with E-state index in [0.717, 1.165) is 68.0 Å². The monoisotopic (exact) mass is 1500 g/mol. The number of carbonyl (C=O) groups excluding carboxylic acids is 5. The van der Waals surface area contributed by atoms with E-state index in [4.69, 9.17) is 20.3 Å². The van der Waals surface area contributed by atoms with Crippen LogP contribution in [0, 0.1) is 0 Å². The molecule has 0 saturated carbocycles. The van der Waals surface area contributed by atoms with Gasteiger partial charge in [0, 0.05) is 92.8 Å². The van der Waals surface area contributed by atoms with Crippen LogP contribution < -0.4 is 32.3 Å². The average molecular weight is 1500 g/mol. The molecule has 0 aliphatic carbocycles. The Balaban J connectivity index is 0.000000288. The number of nitrogens with one attached hydrogen (secondary N) is 5. The molecule has 4 atom stereocenters. The number of carbonyl (C=O) groups is 6. The maximum Gasteiger partial charge on any atom is 0.407 e. The first-order chi connectivity index (χ1) is 45.8. The number of ether oxygens (including phenoxy) is 2. The zero-order valence-electron chi connectivity index (χ0n) is 55.3. The molecule has 4 heterocycles. The Morgan fingerprint density at radius 2 is 0.875 bits per heavy atom.